The second kappa shape index (κ2) is 6.32. The fraction of sp³-hybridized carbons (Fsp3) is 0.471. The van der Waals surface area contributed by atoms with Gasteiger partial charge in [-0.3, -0.25) is 15.1 Å². The first-order chi connectivity index (χ1) is 10.8. The number of halogens is 1. The van der Waals surface area contributed by atoms with E-state index >= 15 is 0 Å². The van der Waals surface area contributed by atoms with Crippen LogP contribution in [0, 0.1) is 11.3 Å². The zero-order chi connectivity index (χ0) is 16.6. The van der Waals surface area contributed by atoms with Gasteiger partial charge in [-0.2, -0.15) is 0 Å². The maximum absolute atomic E-state index is 12.3. The van der Waals surface area contributed by atoms with Crippen LogP contribution in [0.5, 0.6) is 0 Å². The van der Waals surface area contributed by atoms with Crippen LogP contribution < -0.4 is 5.32 Å². The van der Waals surface area contributed by atoms with E-state index < -0.39 is 0 Å². The van der Waals surface area contributed by atoms with Gasteiger partial charge in [0.1, 0.15) is 0 Å². The lowest BCUT2D eigenvalue weighted by atomic mass is 9.73. The van der Waals surface area contributed by atoms with Crippen molar-refractivity contribution < 1.29 is 4.79 Å². The van der Waals surface area contributed by atoms with Crippen molar-refractivity contribution >= 4 is 38.3 Å². The molecule has 2 aromatic rings. The molecular formula is C17H20BrN3OS. The second-order valence-corrected chi connectivity index (χ2v) is 9.04. The van der Waals surface area contributed by atoms with Crippen molar-refractivity contribution in [2.75, 3.05) is 5.32 Å². The van der Waals surface area contributed by atoms with E-state index in [9.17, 15) is 4.79 Å². The number of fused-ring (bicyclic) bond motifs is 1. The summed E-state index contributed by atoms with van der Waals surface area (Å²) in [6.07, 6.45) is 6.45. The Bertz CT molecular complexity index is 736. The summed E-state index contributed by atoms with van der Waals surface area (Å²) in [6, 6.07) is 1.76. The number of pyridine rings is 1. The molecular weight excluding hydrogens is 374 g/mol. The molecule has 0 fully saturated rings. The van der Waals surface area contributed by atoms with Crippen molar-refractivity contribution in [3.8, 4) is 0 Å². The summed E-state index contributed by atoms with van der Waals surface area (Å²) in [5.74, 6) is 0.505. The lowest BCUT2D eigenvalue weighted by Gasteiger charge is -2.33. The minimum atomic E-state index is -0.169. The summed E-state index contributed by atoms with van der Waals surface area (Å²) >= 11 is 4.94. The first-order valence-electron chi connectivity index (χ1n) is 7.73. The zero-order valence-corrected chi connectivity index (χ0v) is 15.9. The van der Waals surface area contributed by atoms with Crippen LogP contribution >= 0.6 is 27.3 Å². The predicted octanol–water partition coefficient (Wildman–Crippen LogP) is 4.70. The molecule has 3 rings (SSSR count). The van der Waals surface area contributed by atoms with Gasteiger partial charge in [-0.25, -0.2) is 4.98 Å². The summed E-state index contributed by atoms with van der Waals surface area (Å²) in [5, 5.41) is 3.59. The number of anilines is 1. The van der Waals surface area contributed by atoms with E-state index in [2.05, 4.69) is 52.0 Å². The molecule has 0 saturated carbocycles. The van der Waals surface area contributed by atoms with Crippen molar-refractivity contribution in [1.29, 1.82) is 0 Å². The lowest BCUT2D eigenvalue weighted by Crippen LogP contribution is -2.26. The van der Waals surface area contributed by atoms with Gasteiger partial charge in [0, 0.05) is 21.7 Å². The van der Waals surface area contributed by atoms with Crippen LogP contribution in [0.3, 0.4) is 0 Å². The molecule has 0 saturated heterocycles. The van der Waals surface area contributed by atoms with Crippen LogP contribution in [0.25, 0.3) is 0 Å². The van der Waals surface area contributed by atoms with Crippen molar-refractivity contribution in [2.45, 2.75) is 40.0 Å². The smallest absolute Gasteiger partial charge is 0.259 e. The number of hydrogen-bond donors (Lipinski definition) is 1. The van der Waals surface area contributed by atoms with E-state index in [0.717, 1.165) is 23.0 Å². The first kappa shape index (κ1) is 16.6. The van der Waals surface area contributed by atoms with Gasteiger partial charge in [0.05, 0.1) is 11.3 Å². The molecule has 0 aromatic carbocycles. The quantitative estimate of drug-likeness (QED) is 0.803. The molecule has 0 bridgehead atoms. The highest BCUT2D eigenvalue weighted by Crippen LogP contribution is 2.40. The summed E-state index contributed by atoms with van der Waals surface area (Å²) in [6.45, 7) is 6.89. The Morgan fingerprint density at radius 2 is 2.17 bits per heavy atom. The molecule has 1 atom stereocenters. The fourth-order valence-corrected chi connectivity index (χ4v) is 4.32. The molecule has 0 radical (unpaired) electrons. The van der Waals surface area contributed by atoms with Gasteiger partial charge >= 0.3 is 0 Å². The number of hydrogen-bond acceptors (Lipinski definition) is 4. The molecule has 1 N–H and O–H groups in total. The number of aryl methyl sites for hydroxylation is 1. The highest BCUT2D eigenvalue weighted by Gasteiger charge is 2.30. The Morgan fingerprint density at radius 3 is 2.87 bits per heavy atom. The summed E-state index contributed by atoms with van der Waals surface area (Å²) in [7, 11) is 0. The van der Waals surface area contributed by atoms with Crippen molar-refractivity contribution in [2.24, 2.45) is 11.3 Å². The molecule has 1 aliphatic carbocycles. The number of carbonyl (C=O) groups excluding carboxylic acids is 1. The molecule has 1 unspecified atom stereocenters. The minimum absolute atomic E-state index is 0.169. The molecule has 23 heavy (non-hydrogen) atoms. The zero-order valence-electron chi connectivity index (χ0n) is 13.5. The molecule has 122 valence electrons. The lowest BCUT2D eigenvalue weighted by molar-refractivity contribution is 0.102. The highest BCUT2D eigenvalue weighted by atomic mass is 79.9. The molecule has 6 heteroatoms. The van der Waals surface area contributed by atoms with E-state index in [-0.39, 0.29) is 5.91 Å². The monoisotopic (exact) mass is 393 g/mol. The normalized spacial score (nSPS) is 17.7. The van der Waals surface area contributed by atoms with Crippen LogP contribution in [-0.2, 0) is 12.8 Å². The molecule has 1 aliphatic rings. The average molecular weight is 394 g/mol. The van der Waals surface area contributed by atoms with Crippen molar-refractivity contribution in [1.82, 2.24) is 9.97 Å². The summed E-state index contributed by atoms with van der Waals surface area (Å²) in [4.78, 5) is 22.2. The number of thiazole rings is 1. The largest absolute Gasteiger partial charge is 0.298 e. The van der Waals surface area contributed by atoms with E-state index in [1.54, 1.807) is 29.8 Å². The Balaban J connectivity index is 1.74. The summed E-state index contributed by atoms with van der Waals surface area (Å²) < 4.78 is 0.789. The van der Waals surface area contributed by atoms with Crippen LogP contribution in [-0.4, -0.2) is 15.9 Å². The number of carbonyl (C=O) groups is 1. The average Bonchev–Trinajstić information content (AvgIpc) is 2.87. The van der Waals surface area contributed by atoms with Crippen LogP contribution in [0.2, 0.25) is 0 Å². The van der Waals surface area contributed by atoms with Gasteiger partial charge in [0.25, 0.3) is 5.91 Å². The van der Waals surface area contributed by atoms with Crippen molar-refractivity contribution in [3.63, 3.8) is 0 Å². The van der Waals surface area contributed by atoms with Gasteiger partial charge < -0.3 is 0 Å². The first-order valence-corrected chi connectivity index (χ1v) is 9.34. The van der Waals surface area contributed by atoms with Gasteiger partial charge in [0.2, 0.25) is 0 Å². The number of nitrogens with zero attached hydrogens (tertiary/aromatic N) is 2. The number of amides is 1. The Morgan fingerprint density at radius 1 is 1.39 bits per heavy atom. The van der Waals surface area contributed by atoms with Crippen LogP contribution in [0.4, 0.5) is 5.13 Å². The molecule has 2 heterocycles. The Kier molecular flexibility index (Phi) is 4.56. The van der Waals surface area contributed by atoms with Crippen LogP contribution in [0.1, 0.15) is 48.1 Å². The molecule has 1 amide bonds. The third-order valence-electron chi connectivity index (χ3n) is 4.35. The maximum atomic E-state index is 12.3. The minimum Gasteiger partial charge on any atom is -0.298 e. The highest BCUT2D eigenvalue weighted by molar-refractivity contribution is 9.10. The molecule has 2 aromatic heterocycles. The maximum Gasteiger partial charge on any atom is 0.259 e. The summed E-state index contributed by atoms with van der Waals surface area (Å²) in [5.41, 5.74) is 1.99. The van der Waals surface area contributed by atoms with Gasteiger partial charge in [0.15, 0.2) is 5.13 Å². The predicted molar refractivity (Wildman–Crippen MR) is 97.0 cm³/mol. The van der Waals surface area contributed by atoms with Gasteiger partial charge in [-0.05, 0) is 52.6 Å². The third-order valence-corrected chi connectivity index (χ3v) is 5.82. The van der Waals surface area contributed by atoms with E-state index in [1.165, 1.54) is 11.3 Å². The molecule has 0 aliphatic heterocycles. The van der Waals surface area contributed by atoms with Crippen LogP contribution in [0.15, 0.2) is 22.9 Å². The SMILES string of the molecule is CC(C)(C)C1CCc2nc(NC(=O)c3cncc(Br)c3)sc2C1. The fourth-order valence-electron chi connectivity index (χ4n) is 2.87. The molecule has 4 nitrogen and oxygen atoms in total. The van der Waals surface area contributed by atoms with Gasteiger partial charge in [-0.1, -0.05) is 20.8 Å². The topological polar surface area (TPSA) is 54.9 Å². The standard InChI is InChI=1S/C17H20BrN3OS/c1-17(2,3)11-4-5-13-14(7-11)23-16(20-13)21-15(22)10-6-12(18)9-19-8-10/h6,8-9,11H,4-5,7H2,1-3H3,(H,20,21,22). The van der Waals surface area contributed by atoms with E-state index in [1.807, 2.05) is 0 Å². The Hall–Kier alpha value is -1.27. The third kappa shape index (κ3) is 3.80. The number of rotatable bonds is 2. The van der Waals surface area contributed by atoms with E-state index in [0.29, 0.717) is 22.0 Å². The number of aromatic nitrogens is 2. The van der Waals surface area contributed by atoms with E-state index in [4.69, 9.17) is 0 Å². The van der Waals surface area contributed by atoms with Crippen molar-refractivity contribution in [3.05, 3.63) is 39.1 Å². The molecule has 0 spiro atoms. The Labute approximate surface area is 148 Å². The second-order valence-electron chi connectivity index (χ2n) is 7.04. The van der Waals surface area contributed by atoms with Gasteiger partial charge in [-0.15, -0.1) is 11.3 Å². The number of nitrogens with one attached hydrogen (secondary N) is 1.